The number of carbonyl (C=O) groups is 1. The summed E-state index contributed by atoms with van der Waals surface area (Å²) < 4.78 is 64.8. The van der Waals surface area contributed by atoms with E-state index in [9.17, 15) is 4.79 Å². The highest BCUT2D eigenvalue weighted by Crippen LogP contribution is 2.23. The lowest BCUT2D eigenvalue weighted by atomic mass is 10.1. The first-order chi connectivity index (χ1) is 14.3. The van der Waals surface area contributed by atoms with Crippen molar-refractivity contribution < 1.29 is 20.9 Å². The number of fused-ring (bicyclic) bond motifs is 1. The second-order valence-corrected chi connectivity index (χ2v) is 5.37. The van der Waals surface area contributed by atoms with E-state index in [0.717, 1.165) is 0 Å². The molecule has 0 bridgehead atoms. The van der Waals surface area contributed by atoms with Crippen LogP contribution >= 0.6 is 23.2 Å². The molecule has 0 aliphatic heterocycles. The van der Waals surface area contributed by atoms with Crippen LogP contribution < -0.4 is 10.6 Å². The highest BCUT2D eigenvalue weighted by atomic mass is 35.5. The van der Waals surface area contributed by atoms with E-state index in [1.165, 1.54) is 18.2 Å². The highest BCUT2D eigenvalue weighted by Gasteiger charge is 2.15. The third-order valence-electron chi connectivity index (χ3n) is 3.52. The van der Waals surface area contributed by atoms with Crippen LogP contribution in [0.15, 0.2) is 18.2 Å². The number of aryl methyl sites for hydroxylation is 2. The number of hydrogen-bond acceptors (Lipinski definition) is 4. The molecule has 24 heavy (non-hydrogen) atoms. The number of rotatable bonds is 9. The van der Waals surface area contributed by atoms with Gasteiger partial charge in [0.25, 0.3) is 0 Å². The molecule has 1 heterocycles. The summed E-state index contributed by atoms with van der Waals surface area (Å²) >= 11 is 11.1. The minimum absolute atomic E-state index is 0.107. The minimum Gasteiger partial charge on any atom is -0.480 e. The number of anilines is 1. The summed E-state index contributed by atoms with van der Waals surface area (Å²) in [6, 6.07) is 2.89. The Kier molecular flexibility index (Phi) is 3.74. The molecule has 0 aliphatic rings. The average molecular weight is 381 g/mol. The molecule has 132 valence electrons. The van der Waals surface area contributed by atoms with Gasteiger partial charge in [0.2, 0.25) is 0 Å². The standard InChI is InChI=1S/C16H22Cl2N4O2/c1-21-14-4-2-11(22(8-6-17)9-7-18)10-13(14)20-15(21)5-3-12(19)16(23)24/h2,4,10,12H,3,5-9,19H2,1H3,(H,23,24)/t12-/m0/s1/i6D2,7D2,8D2,9D2. The number of aliphatic carboxylic acids is 1. The number of nitrogens with two attached hydrogens (primary N) is 1. The number of hydrogen-bond donors (Lipinski definition) is 2. The maximum Gasteiger partial charge on any atom is 0.320 e. The number of nitrogens with zero attached hydrogens (tertiary/aromatic N) is 3. The summed E-state index contributed by atoms with van der Waals surface area (Å²) in [6.45, 7) is -6.47. The monoisotopic (exact) mass is 380 g/mol. The van der Waals surface area contributed by atoms with Gasteiger partial charge in [-0.25, -0.2) is 4.98 Å². The van der Waals surface area contributed by atoms with Gasteiger partial charge in [-0.05, 0) is 24.6 Å². The molecular formula is C16H22Cl2N4O2. The van der Waals surface area contributed by atoms with Crippen molar-refractivity contribution >= 4 is 45.9 Å². The molecule has 0 spiro atoms. The Bertz CT molecular complexity index is 980. The lowest BCUT2D eigenvalue weighted by Crippen LogP contribution is -2.30. The fraction of sp³-hybridized carbons (Fsp3) is 0.500. The zero-order valence-electron chi connectivity index (χ0n) is 20.8. The van der Waals surface area contributed by atoms with Gasteiger partial charge in [-0.15, -0.1) is 23.2 Å². The van der Waals surface area contributed by atoms with Crippen LogP contribution in [0, 0.1) is 0 Å². The number of alkyl halides is 2. The second-order valence-electron chi connectivity index (χ2n) is 4.99. The predicted octanol–water partition coefficient (Wildman–Crippen LogP) is 2.20. The van der Waals surface area contributed by atoms with Gasteiger partial charge in [0.1, 0.15) is 11.9 Å². The van der Waals surface area contributed by atoms with E-state index in [4.69, 9.17) is 45.0 Å². The van der Waals surface area contributed by atoms with Crippen molar-refractivity contribution in [3.63, 3.8) is 0 Å². The molecule has 6 nitrogen and oxygen atoms in total. The van der Waals surface area contributed by atoms with Crippen LogP contribution in [0.2, 0.25) is 0 Å². The zero-order valence-corrected chi connectivity index (χ0v) is 14.3. The van der Waals surface area contributed by atoms with E-state index in [-0.39, 0.29) is 28.9 Å². The Morgan fingerprint density at radius 2 is 2.12 bits per heavy atom. The average Bonchev–Trinajstić information content (AvgIpc) is 2.92. The quantitative estimate of drug-likeness (QED) is 0.651. The number of benzene rings is 1. The molecule has 3 N–H and O–H groups in total. The summed E-state index contributed by atoms with van der Waals surface area (Å²) in [7, 11) is 1.67. The highest BCUT2D eigenvalue weighted by molar-refractivity contribution is 6.18. The number of carboxylic acids is 1. The first kappa shape index (κ1) is 10.5. The van der Waals surface area contributed by atoms with Gasteiger partial charge >= 0.3 is 5.97 Å². The summed E-state index contributed by atoms with van der Waals surface area (Å²) in [5, 5.41) is 8.94. The first-order valence-electron chi connectivity index (χ1n) is 10.9. The third kappa shape index (κ3) is 4.32. The van der Waals surface area contributed by atoms with Crippen LogP contribution in [-0.2, 0) is 18.3 Å². The van der Waals surface area contributed by atoms with Gasteiger partial charge in [0.05, 0.1) is 16.5 Å². The summed E-state index contributed by atoms with van der Waals surface area (Å²) in [4.78, 5) is 15.5. The van der Waals surface area contributed by atoms with Crippen molar-refractivity contribution in [2.75, 3.05) is 29.6 Å². The molecule has 2 rings (SSSR count). The van der Waals surface area contributed by atoms with Crippen molar-refractivity contribution in [2.24, 2.45) is 12.8 Å². The second kappa shape index (κ2) is 8.55. The molecule has 2 aromatic rings. The number of imidazole rings is 1. The molecule has 0 saturated heterocycles. The first-order valence-corrected chi connectivity index (χ1v) is 7.70. The Balaban J connectivity index is 2.61. The van der Waals surface area contributed by atoms with Gasteiger partial charge in [0, 0.05) is 49.3 Å². The van der Waals surface area contributed by atoms with E-state index in [1.807, 2.05) is 0 Å². The molecular weight excluding hydrogens is 351 g/mol. The Morgan fingerprint density at radius 3 is 2.71 bits per heavy atom. The van der Waals surface area contributed by atoms with Gasteiger partial charge in [-0.1, -0.05) is 0 Å². The SMILES string of the molecule is [2H]C([2H])(Cl)C([2H])([2H])N(c1ccc2c(c1)nc(CC[C@H](N)C(=O)O)n2C)C([2H])([2H])C([2H])([2H])Cl. The summed E-state index contributed by atoms with van der Waals surface area (Å²) in [5.74, 6) is -6.94. The van der Waals surface area contributed by atoms with Gasteiger partial charge < -0.3 is 20.3 Å². The van der Waals surface area contributed by atoms with Crippen LogP contribution in [0.5, 0.6) is 0 Å². The van der Waals surface area contributed by atoms with Crippen LogP contribution in [0.3, 0.4) is 0 Å². The van der Waals surface area contributed by atoms with E-state index in [2.05, 4.69) is 4.98 Å². The predicted molar refractivity (Wildman–Crippen MR) is 98.3 cm³/mol. The largest absolute Gasteiger partial charge is 0.480 e. The molecule has 0 saturated carbocycles. The molecule has 0 amide bonds. The van der Waals surface area contributed by atoms with Crippen LogP contribution in [0.1, 0.15) is 23.2 Å². The lowest BCUT2D eigenvalue weighted by molar-refractivity contribution is -0.138. The van der Waals surface area contributed by atoms with Crippen molar-refractivity contribution in [1.29, 1.82) is 0 Å². The lowest BCUT2D eigenvalue weighted by Gasteiger charge is -2.22. The van der Waals surface area contributed by atoms with Crippen molar-refractivity contribution in [3.05, 3.63) is 24.0 Å². The van der Waals surface area contributed by atoms with Gasteiger partial charge in [0.15, 0.2) is 0 Å². The number of carboxylic acid groups (broad SMARTS) is 1. The van der Waals surface area contributed by atoms with E-state index < -0.39 is 36.7 Å². The fourth-order valence-corrected chi connectivity index (χ4v) is 2.42. The van der Waals surface area contributed by atoms with E-state index in [1.54, 1.807) is 11.6 Å². The molecule has 8 heteroatoms. The minimum atomic E-state index is -3.24. The van der Waals surface area contributed by atoms with Crippen molar-refractivity contribution in [1.82, 2.24) is 9.55 Å². The van der Waals surface area contributed by atoms with E-state index >= 15 is 0 Å². The summed E-state index contributed by atoms with van der Waals surface area (Å²) in [6.07, 6.45) is 0.323. The van der Waals surface area contributed by atoms with Crippen molar-refractivity contribution in [2.45, 2.75) is 18.9 Å². The molecule has 1 aromatic heterocycles. The number of aromatic nitrogens is 2. The molecule has 0 fully saturated rings. The van der Waals surface area contributed by atoms with Crippen LogP contribution in [-0.4, -0.2) is 51.3 Å². The molecule has 0 unspecified atom stereocenters. The molecule has 1 atom stereocenters. The Morgan fingerprint density at radius 1 is 1.46 bits per heavy atom. The van der Waals surface area contributed by atoms with Crippen LogP contribution in [0.4, 0.5) is 5.69 Å². The smallest absolute Gasteiger partial charge is 0.320 e. The maximum atomic E-state index is 10.9. The maximum absolute atomic E-state index is 10.9. The molecule has 0 radical (unpaired) electrons. The molecule has 1 aromatic carbocycles. The fourth-order valence-electron chi connectivity index (χ4n) is 2.25. The van der Waals surface area contributed by atoms with Gasteiger partial charge in [-0.2, -0.15) is 0 Å². The summed E-state index contributed by atoms with van der Waals surface area (Å²) in [5.41, 5.74) is 6.06. The Labute approximate surface area is 162 Å². The van der Waals surface area contributed by atoms with Crippen molar-refractivity contribution in [3.8, 4) is 0 Å². The van der Waals surface area contributed by atoms with Crippen LogP contribution in [0.25, 0.3) is 11.0 Å². The molecule has 0 aliphatic carbocycles. The zero-order chi connectivity index (χ0) is 24.9. The van der Waals surface area contributed by atoms with E-state index in [0.29, 0.717) is 11.3 Å². The van der Waals surface area contributed by atoms with Gasteiger partial charge in [-0.3, -0.25) is 4.79 Å². The Hall–Kier alpha value is -1.50. The normalized spacial score (nSPS) is 19.8. The third-order valence-corrected chi connectivity index (χ3v) is 3.69. The topological polar surface area (TPSA) is 84.4 Å². The number of halogens is 2.